The highest BCUT2D eigenvalue weighted by Crippen LogP contribution is 2.39. The number of halogens is 2. The number of benzene rings is 1. The number of hydrogen-bond donors (Lipinski definition) is 1. The van der Waals surface area contributed by atoms with Crippen molar-refractivity contribution in [3.8, 4) is 28.0 Å². The molecule has 1 N–H and O–H groups in total. The zero-order chi connectivity index (χ0) is 21.1. The summed E-state index contributed by atoms with van der Waals surface area (Å²) in [7, 11) is 4.35. The minimum Gasteiger partial charge on any atom is -0.493 e. The zero-order valence-corrected chi connectivity index (χ0v) is 16.8. The lowest BCUT2D eigenvalue weighted by Gasteiger charge is -2.13. The topological polar surface area (TPSA) is 87.5 Å². The van der Waals surface area contributed by atoms with Crippen molar-refractivity contribution in [3.63, 3.8) is 0 Å². The van der Waals surface area contributed by atoms with Crippen LogP contribution in [0.4, 0.5) is 13.9 Å². The molecule has 0 unspecified atom stereocenters. The number of nitrogens with zero attached hydrogens (tertiary/aromatic N) is 3. The highest BCUT2D eigenvalue weighted by Gasteiger charge is 2.21. The second-order valence-electron chi connectivity index (χ2n) is 5.74. The first-order valence-corrected chi connectivity index (χ1v) is 9.11. The van der Waals surface area contributed by atoms with Gasteiger partial charge in [0.1, 0.15) is 0 Å². The van der Waals surface area contributed by atoms with Crippen LogP contribution < -0.4 is 19.5 Å². The second kappa shape index (κ2) is 8.43. The van der Waals surface area contributed by atoms with Gasteiger partial charge in [0.2, 0.25) is 5.75 Å². The molecule has 0 bridgehead atoms. The maximum absolute atomic E-state index is 13.1. The highest BCUT2D eigenvalue weighted by atomic mass is 32.1. The number of aryl methyl sites for hydroxylation is 1. The monoisotopic (exact) mass is 424 g/mol. The largest absolute Gasteiger partial charge is 0.493 e. The van der Waals surface area contributed by atoms with E-state index in [1.807, 2.05) is 0 Å². The number of methoxy groups -OCH3 is 3. The minimum absolute atomic E-state index is 0.0864. The van der Waals surface area contributed by atoms with Crippen LogP contribution >= 0.6 is 11.3 Å². The summed E-state index contributed by atoms with van der Waals surface area (Å²) in [6, 6.07) is 3.00. The van der Waals surface area contributed by atoms with Crippen molar-refractivity contribution in [1.29, 1.82) is 0 Å². The second-order valence-corrected chi connectivity index (χ2v) is 6.74. The van der Waals surface area contributed by atoms with Crippen LogP contribution in [0.2, 0.25) is 0 Å². The molecule has 3 rings (SSSR count). The summed E-state index contributed by atoms with van der Waals surface area (Å²) in [6.45, 7) is -1.07. The number of ether oxygens (including phenoxy) is 3. The minimum atomic E-state index is -2.73. The summed E-state index contributed by atoms with van der Waals surface area (Å²) in [6.07, 6.45) is 2.47. The standard InChI is InChI=1S/C18H18F2N4O4S/c1-9-14(15-21-5-6-24(15)17(19)20)29-18(22-9)23-16(25)10-7-11(26-2)13(28-4)12(8-10)27-3/h5-8,17H,1-4H3,(H,22,23,25). The zero-order valence-electron chi connectivity index (χ0n) is 16.0. The van der Waals surface area contributed by atoms with Crippen molar-refractivity contribution in [2.24, 2.45) is 0 Å². The number of carbonyl (C=O) groups is 1. The van der Waals surface area contributed by atoms with Crippen LogP contribution in [-0.2, 0) is 0 Å². The molecule has 0 radical (unpaired) electrons. The molecule has 1 amide bonds. The molecule has 154 valence electrons. The van der Waals surface area contributed by atoms with Crippen molar-refractivity contribution in [3.05, 3.63) is 35.8 Å². The van der Waals surface area contributed by atoms with Gasteiger partial charge in [-0.05, 0) is 19.1 Å². The van der Waals surface area contributed by atoms with Crippen LogP contribution in [0.3, 0.4) is 0 Å². The highest BCUT2D eigenvalue weighted by molar-refractivity contribution is 7.19. The Hall–Kier alpha value is -3.21. The van der Waals surface area contributed by atoms with Gasteiger partial charge in [-0.1, -0.05) is 11.3 Å². The third-order valence-corrected chi connectivity index (χ3v) is 5.09. The quantitative estimate of drug-likeness (QED) is 0.617. The molecule has 11 heteroatoms. The molecule has 0 saturated carbocycles. The number of carbonyl (C=O) groups excluding carboxylic acids is 1. The van der Waals surface area contributed by atoms with E-state index in [0.29, 0.717) is 27.8 Å². The number of rotatable bonds is 7. The maximum atomic E-state index is 13.1. The molecule has 3 aromatic rings. The van der Waals surface area contributed by atoms with Crippen LogP contribution in [0.25, 0.3) is 10.7 Å². The Morgan fingerprint density at radius 2 is 1.83 bits per heavy atom. The summed E-state index contributed by atoms with van der Waals surface area (Å²) in [5.74, 6) is 0.627. The van der Waals surface area contributed by atoms with Crippen molar-refractivity contribution in [1.82, 2.24) is 14.5 Å². The van der Waals surface area contributed by atoms with E-state index < -0.39 is 12.5 Å². The fourth-order valence-corrected chi connectivity index (χ4v) is 3.65. The first-order chi connectivity index (χ1) is 13.9. The fraction of sp³-hybridized carbons (Fsp3) is 0.278. The average Bonchev–Trinajstić information content (AvgIpc) is 3.32. The number of anilines is 1. The molecular formula is C18H18F2N4O4S. The van der Waals surface area contributed by atoms with E-state index >= 15 is 0 Å². The van der Waals surface area contributed by atoms with Gasteiger partial charge in [-0.15, -0.1) is 0 Å². The summed E-state index contributed by atoms with van der Waals surface area (Å²) < 4.78 is 42.7. The summed E-state index contributed by atoms with van der Waals surface area (Å²) in [4.78, 5) is 21.4. The molecular weight excluding hydrogens is 406 g/mol. The first kappa shape index (κ1) is 20.5. The molecule has 0 saturated heterocycles. The number of aromatic nitrogens is 3. The Morgan fingerprint density at radius 1 is 1.17 bits per heavy atom. The van der Waals surface area contributed by atoms with Gasteiger partial charge < -0.3 is 14.2 Å². The Morgan fingerprint density at radius 3 is 2.38 bits per heavy atom. The molecule has 0 aliphatic rings. The molecule has 29 heavy (non-hydrogen) atoms. The Kier molecular flexibility index (Phi) is 5.97. The Labute approximate surface area is 169 Å². The molecule has 0 fully saturated rings. The Bertz CT molecular complexity index is 1010. The SMILES string of the molecule is COc1cc(C(=O)Nc2nc(C)c(-c3nccn3C(F)F)s2)cc(OC)c1OC. The van der Waals surface area contributed by atoms with E-state index in [9.17, 15) is 13.6 Å². The normalized spacial score (nSPS) is 10.9. The summed E-state index contributed by atoms with van der Waals surface area (Å²) in [5.41, 5.74) is 0.728. The molecule has 1 aromatic carbocycles. The van der Waals surface area contributed by atoms with Gasteiger partial charge in [0.15, 0.2) is 22.5 Å². The van der Waals surface area contributed by atoms with Crippen molar-refractivity contribution in [2.75, 3.05) is 26.6 Å². The number of nitrogens with one attached hydrogen (secondary N) is 1. The average molecular weight is 424 g/mol. The maximum Gasteiger partial charge on any atom is 0.320 e. The van der Waals surface area contributed by atoms with Crippen molar-refractivity contribution in [2.45, 2.75) is 13.5 Å². The molecule has 0 spiro atoms. The number of imidazole rings is 1. The lowest BCUT2D eigenvalue weighted by Crippen LogP contribution is -2.12. The molecule has 0 aliphatic carbocycles. The van der Waals surface area contributed by atoms with Gasteiger partial charge >= 0.3 is 6.55 Å². The van der Waals surface area contributed by atoms with Gasteiger partial charge in [-0.3, -0.25) is 14.7 Å². The van der Waals surface area contributed by atoms with Crippen LogP contribution in [-0.4, -0.2) is 41.8 Å². The van der Waals surface area contributed by atoms with Crippen LogP contribution in [0.15, 0.2) is 24.5 Å². The first-order valence-electron chi connectivity index (χ1n) is 8.29. The van der Waals surface area contributed by atoms with E-state index in [1.165, 1.54) is 45.9 Å². The molecule has 2 aromatic heterocycles. The molecule has 8 nitrogen and oxygen atoms in total. The predicted molar refractivity (Wildman–Crippen MR) is 103 cm³/mol. The summed E-state index contributed by atoms with van der Waals surface area (Å²) >= 11 is 1.05. The Balaban J connectivity index is 1.90. The van der Waals surface area contributed by atoms with E-state index in [0.717, 1.165) is 15.9 Å². The summed E-state index contributed by atoms with van der Waals surface area (Å²) in [5, 5.41) is 2.91. The number of alkyl halides is 2. The van der Waals surface area contributed by atoms with E-state index in [-0.39, 0.29) is 16.5 Å². The number of hydrogen-bond acceptors (Lipinski definition) is 7. The predicted octanol–water partition coefficient (Wildman–Crippen LogP) is 3.99. The van der Waals surface area contributed by atoms with Gasteiger partial charge in [0, 0.05) is 18.0 Å². The van der Waals surface area contributed by atoms with Gasteiger partial charge in [-0.25, -0.2) is 9.97 Å². The number of thiazole rings is 1. The molecule has 0 aliphatic heterocycles. The molecule has 0 atom stereocenters. The molecule has 2 heterocycles. The third-order valence-electron chi connectivity index (χ3n) is 4.03. The van der Waals surface area contributed by atoms with Crippen LogP contribution in [0.1, 0.15) is 22.6 Å². The van der Waals surface area contributed by atoms with E-state index in [4.69, 9.17) is 14.2 Å². The smallest absolute Gasteiger partial charge is 0.320 e. The third kappa shape index (κ3) is 3.99. The number of amides is 1. The van der Waals surface area contributed by atoms with Gasteiger partial charge in [0.05, 0.1) is 31.9 Å². The fourth-order valence-electron chi connectivity index (χ4n) is 2.69. The van der Waals surface area contributed by atoms with Crippen molar-refractivity contribution < 1.29 is 27.8 Å². The van der Waals surface area contributed by atoms with Gasteiger partial charge in [-0.2, -0.15) is 8.78 Å². The van der Waals surface area contributed by atoms with E-state index in [2.05, 4.69) is 15.3 Å². The van der Waals surface area contributed by atoms with Gasteiger partial charge in [0.25, 0.3) is 5.91 Å². The van der Waals surface area contributed by atoms with Crippen molar-refractivity contribution >= 4 is 22.4 Å². The van der Waals surface area contributed by atoms with Crippen LogP contribution in [0.5, 0.6) is 17.2 Å². The lowest BCUT2D eigenvalue weighted by molar-refractivity contribution is 0.0720. The van der Waals surface area contributed by atoms with Crippen LogP contribution in [0, 0.1) is 6.92 Å². The van der Waals surface area contributed by atoms with E-state index in [1.54, 1.807) is 6.92 Å². The lowest BCUT2D eigenvalue weighted by atomic mass is 10.1.